The van der Waals surface area contributed by atoms with E-state index in [1.807, 2.05) is 0 Å². The minimum Gasteiger partial charge on any atom is -0.237 e. The second-order valence-electron chi connectivity index (χ2n) is 2.47. The van der Waals surface area contributed by atoms with E-state index in [1.165, 1.54) is 0 Å². The summed E-state index contributed by atoms with van der Waals surface area (Å²) >= 11 is 0. The molecule has 15 heavy (non-hydrogen) atoms. The zero-order valence-corrected chi connectivity index (χ0v) is 6.43. The lowest BCUT2D eigenvalue weighted by Gasteiger charge is -2.26. The molecule has 0 aromatic carbocycles. The van der Waals surface area contributed by atoms with Crippen LogP contribution in [0.25, 0.3) is 0 Å². The van der Waals surface area contributed by atoms with Crippen LogP contribution in [0.1, 0.15) is 0 Å². The molecule has 0 unspecified atom stereocenters. The molecule has 92 valence electrons. The topological polar surface area (TPSA) is 0 Å². The Balaban J connectivity index is 4.94. The Labute approximate surface area is 75.9 Å². The van der Waals surface area contributed by atoms with E-state index in [9.17, 15) is 43.9 Å². The first-order chi connectivity index (χ1) is 6.32. The van der Waals surface area contributed by atoms with E-state index in [4.69, 9.17) is 0 Å². The summed E-state index contributed by atoms with van der Waals surface area (Å²) in [6.07, 6.45) is -22.6. The van der Waals surface area contributed by atoms with Crippen LogP contribution in [0.4, 0.5) is 43.9 Å². The molecule has 0 radical (unpaired) electrons. The van der Waals surface area contributed by atoms with Gasteiger partial charge < -0.3 is 0 Å². The maximum Gasteiger partial charge on any atom is 0.456 e. The maximum atomic E-state index is 12.0. The van der Waals surface area contributed by atoms with Gasteiger partial charge in [-0.25, -0.2) is 8.78 Å². The molecule has 0 saturated carbocycles. The highest BCUT2D eigenvalue weighted by Crippen LogP contribution is 2.43. The first-order valence-electron chi connectivity index (χ1n) is 3.11. The molecule has 0 aliphatic heterocycles. The molecule has 0 heterocycles. The Morgan fingerprint density at radius 1 is 0.600 bits per heavy atom. The third-order valence-corrected chi connectivity index (χ3v) is 1.29. The second-order valence-corrected chi connectivity index (χ2v) is 2.47. The van der Waals surface area contributed by atoms with Crippen molar-refractivity contribution in [2.75, 3.05) is 0 Å². The minimum atomic E-state index is -6.58. The fraction of sp³-hybridized carbons (Fsp3) is 1.00. The van der Waals surface area contributed by atoms with E-state index in [1.54, 1.807) is 0 Å². The van der Waals surface area contributed by atoms with Gasteiger partial charge in [0.15, 0.2) is 0 Å². The Morgan fingerprint density at radius 2 is 0.933 bits per heavy atom. The standard InChI is InChI=1S/C5H2F10/c6-1(2(7)4(10,11)12)3(8,9)5(13,14)15/h1-2H/t1-,2+/m1/s1. The van der Waals surface area contributed by atoms with Crippen molar-refractivity contribution >= 4 is 0 Å². The lowest BCUT2D eigenvalue weighted by atomic mass is 10.1. The average molecular weight is 252 g/mol. The number of hydrogen-bond donors (Lipinski definition) is 0. The number of halogens is 10. The largest absolute Gasteiger partial charge is 0.456 e. The van der Waals surface area contributed by atoms with Gasteiger partial charge in [-0.05, 0) is 0 Å². The van der Waals surface area contributed by atoms with Crippen molar-refractivity contribution < 1.29 is 43.9 Å². The molecule has 2 atom stereocenters. The van der Waals surface area contributed by atoms with Crippen molar-refractivity contribution in [3.05, 3.63) is 0 Å². The highest BCUT2D eigenvalue weighted by molar-refractivity contribution is 4.91. The SMILES string of the molecule is F[C@H]([C@H](F)C(F)(F)F)C(F)(F)C(F)(F)F. The van der Waals surface area contributed by atoms with E-state index in [2.05, 4.69) is 0 Å². The summed E-state index contributed by atoms with van der Waals surface area (Å²) in [5, 5.41) is 0. The first kappa shape index (κ1) is 14.3. The number of hydrogen-bond acceptors (Lipinski definition) is 0. The van der Waals surface area contributed by atoms with Crippen LogP contribution >= 0.6 is 0 Å². The molecule has 0 aliphatic rings. The van der Waals surface area contributed by atoms with Gasteiger partial charge in [0.2, 0.25) is 12.3 Å². The van der Waals surface area contributed by atoms with E-state index >= 15 is 0 Å². The fourth-order valence-electron chi connectivity index (χ4n) is 0.506. The van der Waals surface area contributed by atoms with Crippen LogP contribution in [-0.2, 0) is 0 Å². The summed E-state index contributed by atoms with van der Waals surface area (Å²) < 4.78 is 115. The van der Waals surface area contributed by atoms with Crippen molar-refractivity contribution in [2.45, 2.75) is 30.6 Å². The van der Waals surface area contributed by atoms with Gasteiger partial charge in [-0.2, -0.15) is 35.1 Å². The third kappa shape index (κ3) is 2.88. The maximum absolute atomic E-state index is 12.0. The normalized spacial score (nSPS) is 18.8. The predicted octanol–water partition coefficient (Wildman–Crippen LogP) is 3.42. The van der Waals surface area contributed by atoms with Crippen molar-refractivity contribution in [3.8, 4) is 0 Å². The quantitative estimate of drug-likeness (QED) is 0.660. The molecule has 0 amide bonds. The Bertz CT molecular complexity index is 211. The fourth-order valence-corrected chi connectivity index (χ4v) is 0.506. The minimum absolute atomic E-state index is 4.89. The highest BCUT2D eigenvalue weighted by Gasteiger charge is 2.69. The van der Waals surface area contributed by atoms with Crippen LogP contribution < -0.4 is 0 Å². The molecule has 0 N–H and O–H groups in total. The van der Waals surface area contributed by atoms with Crippen molar-refractivity contribution in [2.24, 2.45) is 0 Å². The Kier molecular flexibility index (Phi) is 3.53. The van der Waals surface area contributed by atoms with Crippen LogP contribution in [0.5, 0.6) is 0 Å². The van der Waals surface area contributed by atoms with E-state index in [0.29, 0.717) is 0 Å². The highest BCUT2D eigenvalue weighted by atomic mass is 19.4. The third-order valence-electron chi connectivity index (χ3n) is 1.29. The van der Waals surface area contributed by atoms with Gasteiger partial charge in [0.05, 0.1) is 0 Å². The van der Waals surface area contributed by atoms with E-state index < -0.39 is 30.6 Å². The van der Waals surface area contributed by atoms with Crippen LogP contribution in [0, 0.1) is 0 Å². The molecule has 10 heteroatoms. The summed E-state index contributed by atoms with van der Waals surface area (Å²) in [6.45, 7) is 0. The monoisotopic (exact) mass is 252 g/mol. The summed E-state index contributed by atoms with van der Waals surface area (Å²) in [7, 11) is 0. The number of rotatable bonds is 2. The average Bonchev–Trinajstić information content (AvgIpc) is 1.97. The van der Waals surface area contributed by atoms with Gasteiger partial charge in [-0.3, -0.25) is 0 Å². The summed E-state index contributed by atoms with van der Waals surface area (Å²) in [6, 6.07) is 0. The van der Waals surface area contributed by atoms with Crippen molar-refractivity contribution in [3.63, 3.8) is 0 Å². The Morgan fingerprint density at radius 3 is 1.13 bits per heavy atom. The molecule has 0 spiro atoms. The zero-order chi connectivity index (χ0) is 12.7. The first-order valence-corrected chi connectivity index (χ1v) is 3.11. The molecule has 0 saturated heterocycles. The van der Waals surface area contributed by atoms with E-state index in [-0.39, 0.29) is 0 Å². The predicted molar refractivity (Wildman–Crippen MR) is 26.8 cm³/mol. The van der Waals surface area contributed by atoms with Crippen molar-refractivity contribution in [1.82, 2.24) is 0 Å². The van der Waals surface area contributed by atoms with Crippen LogP contribution in [0.15, 0.2) is 0 Å². The molecular formula is C5H2F10. The van der Waals surface area contributed by atoms with Crippen LogP contribution in [0.3, 0.4) is 0 Å². The summed E-state index contributed by atoms with van der Waals surface area (Å²) in [5.41, 5.74) is 0. The van der Waals surface area contributed by atoms with Gasteiger partial charge in [-0.15, -0.1) is 0 Å². The van der Waals surface area contributed by atoms with Gasteiger partial charge in [0, 0.05) is 0 Å². The van der Waals surface area contributed by atoms with Gasteiger partial charge in [0.25, 0.3) is 0 Å². The van der Waals surface area contributed by atoms with Crippen molar-refractivity contribution in [1.29, 1.82) is 0 Å². The Hall–Kier alpha value is -0.700. The molecular weight excluding hydrogens is 250 g/mol. The lowest BCUT2D eigenvalue weighted by Crippen LogP contribution is -2.52. The number of alkyl halides is 10. The molecule has 0 bridgehead atoms. The molecule has 0 nitrogen and oxygen atoms in total. The molecule has 0 aromatic rings. The smallest absolute Gasteiger partial charge is 0.237 e. The lowest BCUT2D eigenvalue weighted by molar-refractivity contribution is -0.324. The van der Waals surface area contributed by atoms with Gasteiger partial charge >= 0.3 is 18.3 Å². The van der Waals surface area contributed by atoms with Crippen LogP contribution in [0.2, 0.25) is 0 Å². The molecule has 0 aromatic heterocycles. The zero-order valence-electron chi connectivity index (χ0n) is 6.43. The van der Waals surface area contributed by atoms with Crippen LogP contribution in [-0.4, -0.2) is 30.6 Å². The van der Waals surface area contributed by atoms with E-state index in [0.717, 1.165) is 0 Å². The van der Waals surface area contributed by atoms with Gasteiger partial charge in [-0.1, -0.05) is 0 Å². The molecule has 0 aliphatic carbocycles. The molecule has 0 rings (SSSR count). The molecule has 0 fully saturated rings. The summed E-state index contributed by atoms with van der Waals surface area (Å²) in [4.78, 5) is 0. The van der Waals surface area contributed by atoms with Gasteiger partial charge in [0.1, 0.15) is 0 Å². The summed E-state index contributed by atoms with van der Waals surface area (Å²) in [5.74, 6) is -6.39. The second kappa shape index (κ2) is 3.71.